The van der Waals surface area contributed by atoms with Gasteiger partial charge in [-0.05, 0) is 18.2 Å². The predicted octanol–water partition coefficient (Wildman–Crippen LogP) is 3.53. The van der Waals surface area contributed by atoms with Crippen molar-refractivity contribution in [1.82, 2.24) is 0 Å². The number of rotatable bonds is 7. The summed E-state index contributed by atoms with van der Waals surface area (Å²) in [6, 6.07) is 10.5. The number of carbonyl (C=O) groups excluding carboxylic acids is 1. The molecular weight excluding hydrogens is 336 g/mol. The molecule has 0 radical (unpaired) electrons. The van der Waals surface area contributed by atoms with Gasteiger partial charge in [-0.1, -0.05) is 29.8 Å². The summed E-state index contributed by atoms with van der Waals surface area (Å²) < 4.78 is 10.4. The molecule has 8 heteroatoms. The van der Waals surface area contributed by atoms with Gasteiger partial charge in [0.25, 0.3) is 11.6 Å². The Morgan fingerprint density at radius 3 is 2.67 bits per heavy atom. The molecule has 2 aromatic rings. The molecule has 7 nitrogen and oxygen atoms in total. The lowest BCUT2D eigenvalue weighted by Gasteiger charge is -2.14. The number of hydrogen-bond acceptors (Lipinski definition) is 5. The van der Waals surface area contributed by atoms with Crippen LogP contribution < -0.4 is 10.1 Å². The number of nitro groups is 1. The molecule has 0 aliphatic heterocycles. The minimum Gasteiger partial charge on any atom is -0.487 e. The fraction of sp³-hybridized carbons (Fsp3) is 0.188. The number of halogens is 1. The Bertz CT molecular complexity index is 751. The van der Waals surface area contributed by atoms with Crippen LogP contribution in [-0.4, -0.2) is 31.2 Å². The molecule has 0 aliphatic rings. The van der Waals surface area contributed by atoms with Crippen molar-refractivity contribution in [3.05, 3.63) is 63.2 Å². The standard InChI is InChI=1S/C16H15ClN2O5/c1-23-9-10-24-15-12(17)6-4-7-13(15)18-16(20)11-5-2-3-8-14(11)19(21)22/h2-8H,9-10H2,1H3,(H,18,20). The molecule has 24 heavy (non-hydrogen) atoms. The topological polar surface area (TPSA) is 90.7 Å². The molecular formula is C16H15ClN2O5. The van der Waals surface area contributed by atoms with Crippen LogP contribution in [0, 0.1) is 10.1 Å². The van der Waals surface area contributed by atoms with Crippen molar-refractivity contribution in [2.24, 2.45) is 0 Å². The van der Waals surface area contributed by atoms with Crippen molar-refractivity contribution in [3.63, 3.8) is 0 Å². The Morgan fingerprint density at radius 1 is 1.21 bits per heavy atom. The molecule has 0 aromatic heterocycles. The Labute approximate surface area is 143 Å². The maximum absolute atomic E-state index is 12.4. The van der Waals surface area contributed by atoms with Crippen LogP contribution in [0.3, 0.4) is 0 Å². The molecule has 1 amide bonds. The van der Waals surface area contributed by atoms with Gasteiger partial charge in [0.15, 0.2) is 5.75 Å². The first-order chi connectivity index (χ1) is 11.5. The highest BCUT2D eigenvalue weighted by Crippen LogP contribution is 2.33. The summed E-state index contributed by atoms with van der Waals surface area (Å²) >= 11 is 6.09. The lowest BCUT2D eigenvalue weighted by Crippen LogP contribution is -2.15. The summed E-state index contributed by atoms with van der Waals surface area (Å²) in [5.74, 6) is -0.343. The average Bonchev–Trinajstić information content (AvgIpc) is 2.57. The number of hydrogen-bond donors (Lipinski definition) is 1. The third kappa shape index (κ3) is 4.21. The molecule has 0 heterocycles. The number of amides is 1. The number of benzene rings is 2. The molecule has 1 N–H and O–H groups in total. The molecule has 0 aliphatic carbocycles. The normalized spacial score (nSPS) is 10.2. The van der Waals surface area contributed by atoms with Crippen molar-refractivity contribution in [2.45, 2.75) is 0 Å². The smallest absolute Gasteiger partial charge is 0.282 e. The second kappa shape index (κ2) is 8.28. The lowest BCUT2D eigenvalue weighted by atomic mass is 10.1. The molecule has 0 fully saturated rings. The van der Waals surface area contributed by atoms with Crippen LogP contribution in [0.25, 0.3) is 0 Å². The summed E-state index contributed by atoms with van der Waals surface area (Å²) in [7, 11) is 1.53. The van der Waals surface area contributed by atoms with Gasteiger partial charge in [0.2, 0.25) is 0 Å². The Balaban J connectivity index is 2.26. The van der Waals surface area contributed by atoms with Gasteiger partial charge < -0.3 is 14.8 Å². The van der Waals surface area contributed by atoms with Gasteiger partial charge in [0.1, 0.15) is 12.2 Å². The SMILES string of the molecule is COCCOc1c(Cl)cccc1NC(=O)c1ccccc1[N+](=O)[O-]. The van der Waals surface area contributed by atoms with Gasteiger partial charge in [0.05, 0.1) is 22.2 Å². The zero-order valence-corrected chi connectivity index (χ0v) is 13.6. The predicted molar refractivity (Wildman–Crippen MR) is 89.9 cm³/mol. The van der Waals surface area contributed by atoms with E-state index in [9.17, 15) is 14.9 Å². The second-order valence-electron chi connectivity index (χ2n) is 4.69. The number of ether oxygens (including phenoxy) is 2. The Kier molecular flexibility index (Phi) is 6.11. The van der Waals surface area contributed by atoms with Gasteiger partial charge in [-0.2, -0.15) is 0 Å². The Morgan fingerprint density at radius 2 is 1.96 bits per heavy atom. The van der Waals surface area contributed by atoms with E-state index in [-0.39, 0.29) is 23.6 Å². The van der Waals surface area contributed by atoms with Gasteiger partial charge in [0, 0.05) is 13.2 Å². The molecule has 126 valence electrons. The first-order valence-corrected chi connectivity index (χ1v) is 7.37. The number of methoxy groups -OCH3 is 1. The second-order valence-corrected chi connectivity index (χ2v) is 5.09. The largest absolute Gasteiger partial charge is 0.487 e. The van der Waals surface area contributed by atoms with Crippen LogP contribution in [0.5, 0.6) is 5.75 Å². The number of nitrogens with zero attached hydrogens (tertiary/aromatic N) is 1. The van der Waals surface area contributed by atoms with E-state index >= 15 is 0 Å². The number of anilines is 1. The van der Waals surface area contributed by atoms with Crippen molar-refractivity contribution < 1.29 is 19.2 Å². The Hall–Kier alpha value is -2.64. The first kappa shape index (κ1) is 17.7. The van der Waals surface area contributed by atoms with Crippen molar-refractivity contribution in [1.29, 1.82) is 0 Å². The third-order valence-electron chi connectivity index (χ3n) is 3.09. The monoisotopic (exact) mass is 350 g/mol. The summed E-state index contributed by atoms with van der Waals surface area (Å²) in [5.41, 5.74) is -0.00838. The third-order valence-corrected chi connectivity index (χ3v) is 3.39. The van der Waals surface area contributed by atoms with E-state index in [1.807, 2.05) is 0 Å². The summed E-state index contributed by atoms with van der Waals surface area (Å²) in [6.07, 6.45) is 0. The zero-order valence-electron chi connectivity index (χ0n) is 12.8. The number of nitro benzene ring substituents is 1. The van der Waals surface area contributed by atoms with E-state index in [0.717, 1.165) is 0 Å². The molecule has 0 saturated carbocycles. The summed E-state index contributed by atoms with van der Waals surface area (Å²) in [6.45, 7) is 0.595. The summed E-state index contributed by atoms with van der Waals surface area (Å²) in [5, 5.41) is 13.9. The maximum Gasteiger partial charge on any atom is 0.282 e. The number of nitrogens with one attached hydrogen (secondary N) is 1. The molecule has 0 unspecified atom stereocenters. The van der Waals surface area contributed by atoms with Gasteiger partial charge in [-0.3, -0.25) is 14.9 Å². The van der Waals surface area contributed by atoms with E-state index in [1.165, 1.54) is 25.3 Å². The minimum atomic E-state index is -0.624. The summed E-state index contributed by atoms with van der Waals surface area (Å²) in [4.78, 5) is 22.8. The van der Waals surface area contributed by atoms with Crippen LogP contribution in [0.15, 0.2) is 42.5 Å². The highest BCUT2D eigenvalue weighted by atomic mass is 35.5. The van der Waals surface area contributed by atoms with Crippen molar-refractivity contribution >= 4 is 28.9 Å². The maximum atomic E-state index is 12.4. The van der Waals surface area contributed by atoms with Crippen LogP contribution in [0.4, 0.5) is 11.4 Å². The van der Waals surface area contributed by atoms with E-state index in [4.69, 9.17) is 21.1 Å². The van der Waals surface area contributed by atoms with Crippen LogP contribution in [0.2, 0.25) is 5.02 Å². The van der Waals surface area contributed by atoms with Crippen molar-refractivity contribution in [3.8, 4) is 5.75 Å². The van der Waals surface area contributed by atoms with Crippen LogP contribution >= 0.6 is 11.6 Å². The van der Waals surface area contributed by atoms with Crippen molar-refractivity contribution in [2.75, 3.05) is 25.6 Å². The van der Waals surface area contributed by atoms with E-state index in [0.29, 0.717) is 17.3 Å². The lowest BCUT2D eigenvalue weighted by molar-refractivity contribution is -0.385. The van der Waals surface area contributed by atoms with Gasteiger partial charge in [-0.25, -0.2) is 0 Å². The van der Waals surface area contributed by atoms with Gasteiger partial charge >= 0.3 is 0 Å². The molecule has 0 atom stereocenters. The van der Waals surface area contributed by atoms with E-state index in [2.05, 4.69) is 5.32 Å². The first-order valence-electron chi connectivity index (χ1n) is 6.99. The van der Waals surface area contributed by atoms with Crippen LogP contribution in [0.1, 0.15) is 10.4 Å². The number of para-hydroxylation sites is 2. The number of carbonyl (C=O) groups is 1. The molecule has 2 aromatic carbocycles. The quantitative estimate of drug-likeness (QED) is 0.468. The highest BCUT2D eigenvalue weighted by molar-refractivity contribution is 6.32. The zero-order chi connectivity index (χ0) is 17.5. The molecule has 0 bridgehead atoms. The fourth-order valence-corrected chi connectivity index (χ4v) is 2.22. The van der Waals surface area contributed by atoms with E-state index < -0.39 is 10.8 Å². The van der Waals surface area contributed by atoms with Crippen LogP contribution in [-0.2, 0) is 4.74 Å². The van der Waals surface area contributed by atoms with E-state index in [1.54, 1.807) is 24.3 Å². The minimum absolute atomic E-state index is 0.0506. The van der Waals surface area contributed by atoms with Gasteiger partial charge in [-0.15, -0.1) is 0 Å². The molecule has 0 spiro atoms. The fourth-order valence-electron chi connectivity index (χ4n) is 2.00. The average molecular weight is 351 g/mol. The molecule has 0 saturated heterocycles. The molecule has 2 rings (SSSR count). The highest BCUT2D eigenvalue weighted by Gasteiger charge is 2.20.